The molecule has 0 saturated carbocycles. The van der Waals surface area contributed by atoms with Gasteiger partial charge in [0, 0.05) is 18.0 Å². The van der Waals surface area contributed by atoms with Crippen LogP contribution in [0.1, 0.15) is 44.3 Å². The van der Waals surface area contributed by atoms with E-state index in [9.17, 15) is 14.4 Å². The molecule has 0 bridgehead atoms. The van der Waals surface area contributed by atoms with Crippen LogP contribution in [0.15, 0.2) is 35.7 Å². The molecule has 0 N–H and O–H groups in total. The van der Waals surface area contributed by atoms with Crippen LogP contribution in [-0.2, 0) is 9.53 Å². The molecule has 2 heterocycles. The van der Waals surface area contributed by atoms with E-state index in [1.54, 1.807) is 30.3 Å². The number of amides is 2. The average molecular weight is 370 g/mol. The van der Waals surface area contributed by atoms with Crippen LogP contribution in [0, 0.1) is 6.92 Å². The van der Waals surface area contributed by atoms with Crippen LogP contribution >= 0.6 is 11.3 Å². The van der Waals surface area contributed by atoms with Gasteiger partial charge in [-0.2, -0.15) is 0 Å². The van der Waals surface area contributed by atoms with Gasteiger partial charge in [-0.05, 0) is 38.0 Å². The number of hydrogen-bond donors (Lipinski definition) is 0. The van der Waals surface area contributed by atoms with E-state index in [0.29, 0.717) is 30.5 Å². The first-order valence-corrected chi connectivity index (χ1v) is 9.16. The molecule has 134 valence electrons. The molecule has 0 saturated heterocycles. The molecule has 1 aromatic heterocycles. The number of rotatable bonds is 7. The van der Waals surface area contributed by atoms with Crippen molar-refractivity contribution in [1.29, 1.82) is 0 Å². The van der Waals surface area contributed by atoms with Crippen molar-refractivity contribution in [1.82, 2.24) is 9.88 Å². The molecule has 0 atom stereocenters. The summed E-state index contributed by atoms with van der Waals surface area (Å²) in [4.78, 5) is 41.5. The van der Waals surface area contributed by atoms with E-state index in [-0.39, 0.29) is 18.4 Å². The Hall–Kier alpha value is -2.80. The number of esters is 1. The number of imide groups is 1. The van der Waals surface area contributed by atoms with Gasteiger partial charge in [0.05, 0.1) is 28.4 Å². The minimum Gasteiger partial charge on any atom is -0.463 e. The van der Waals surface area contributed by atoms with Gasteiger partial charge in [0.1, 0.15) is 0 Å². The smallest absolute Gasteiger partial charge is 0.330 e. The number of thiazole rings is 1. The summed E-state index contributed by atoms with van der Waals surface area (Å²) in [6.07, 6.45) is 4.11. The normalized spacial score (nSPS) is 13.5. The summed E-state index contributed by atoms with van der Waals surface area (Å²) >= 11 is 1.51. The van der Waals surface area contributed by atoms with Crippen LogP contribution in [0.3, 0.4) is 0 Å². The van der Waals surface area contributed by atoms with Gasteiger partial charge in [0.25, 0.3) is 11.8 Å². The van der Waals surface area contributed by atoms with Crippen LogP contribution in [0.5, 0.6) is 0 Å². The Balaban J connectivity index is 1.38. The Morgan fingerprint density at radius 3 is 2.50 bits per heavy atom. The number of carbonyl (C=O) groups excluding carboxylic acids is 3. The summed E-state index contributed by atoms with van der Waals surface area (Å²) in [5.74, 6) is -0.954. The summed E-state index contributed by atoms with van der Waals surface area (Å²) in [6, 6.07) is 6.81. The fourth-order valence-corrected chi connectivity index (χ4v) is 3.23. The van der Waals surface area contributed by atoms with E-state index in [2.05, 4.69) is 4.98 Å². The van der Waals surface area contributed by atoms with Gasteiger partial charge in [-0.3, -0.25) is 14.5 Å². The van der Waals surface area contributed by atoms with Crippen LogP contribution in [0.2, 0.25) is 0 Å². The Bertz CT molecular complexity index is 837. The number of fused-ring (bicyclic) bond motifs is 1. The molecule has 3 rings (SSSR count). The molecule has 0 spiro atoms. The molecule has 26 heavy (non-hydrogen) atoms. The Kier molecular flexibility index (Phi) is 5.58. The fourth-order valence-electron chi connectivity index (χ4n) is 2.65. The van der Waals surface area contributed by atoms with Gasteiger partial charge in [0.15, 0.2) is 0 Å². The first-order chi connectivity index (χ1) is 12.6. The highest BCUT2D eigenvalue weighted by Gasteiger charge is 2.34. The van der Waals surface area contributed by atoms with E-state index in [1.807, 2.05) is 12.3 Å². The van der Waals surface area contributed by atoms with Crippen molar-refractivity contribution in [3.05, 3.63) is 57.6 Å². The second-order valence-electron chi connectivity index (χ2n) is 5.81. The number of ether oxygens (including phenoxy) is 1. The first-order valence-electron chi connectivity index (χ1n) is 8.28. The van der Waals surface area contributed by atoms with Crippen molar-refractivity contribution >= 4 is 35.2 Å². The minimum absolute atomic E-state index is 0.239. The Morgan fingerprint density at radius 2 is 1.88 bits per heavy atom. The highest BCUT2D eigenvalue weighted by molar-refractivity contribution is 7.09. The predicted octanol–water partition coefficient (Wildman–Crippen LogP) is 3.08. The number of aryl methyl sites for hydroxylation is 1. The highest BCUT2D eigenvalue weighted by atomic mass is 32.1. The summed E-state index contributed by atoms with van der Waals surface area (Å²) in [5, 5.41) is 2.80. The van der Waals surface area contributed by atoms with Gasteiger partial charge < -0.3 is 4.74 Å². The van der Waals surface area contributed by atoms with Gasteiger partial charge in [-0.1, -0.05) is 12.1 Å². The van der Waals surface area contributed by atoms with E-state index in [0.717, 1.165) is 10.7 Å². The molecule has 1 aliphatic rings. The summed E-state index contributed by atoms with van der Waals surface area (Å²) < 4.78 is 5.11. The van der Waals surface area contributed by atoms with Crippen LogP contribution < -0.4 is 0 Å². The van der Waals surface area contributed by atoms with E-state index >= 15 is 0 Å². The van der Waals surface area contributed by atoms with Gasteiger partial charge in [-0.15, -0.1) is 11.3 Å². The number of aromatic nitrogens is 1. The molecular weight excluding hydrogens is 352 g/mol. The maximum Gasteiger partial charge on any atom is 0.330 e. The van der Waals surface area contributed by atoms with Crippen molar-refractivity contribution in [2.45, 2.75) is 19.8 Å². The van der Waals surface area contributed by atoms with Crippen molar-refractivity contribution in [2.75, 3.05) is 13.2 Å². The third-order valence-corrected chi connectivity index (χ3v) is 4.72. The molecule has 6 nitrogen and oxygen atoms in total. The van der Waals surface area contributed by atoms with Gasteiger partial charge in [-0.25, -0.2) is 9.78 Å². The first kappa shape index (κ1) is 18.0. The molecule has 1 aromatic carbocycles. The number of unbranched alkanes of at least 4 members (excludes halogenated alkanes) is 1. The molecule has 0 aliphatic carbocycles. The molecule has 2 amide bonds. The maximum absolute atomic E-state index is 12.2. The van der Waals surface area contributed by atoms with E-state index < -0.39 is 5.97 Å². The molecule has 0 unspecified atom stereocenters. The monoisotopic (exact) mass is 370 g/mol. The number of carbonyl (C=O) groups is 3. The molecule has 0 fully saturated rings. The van der Waals surface area contributed by atoms with E-state index in [1.165, 1.54) is 22.3 Å². The molecule has 2 aromatic rings. The number of hydrogen-bond acceptors (Lipinski definition) is 6. The van der Waals surface area contributed by atoms with Crippen molar-refractivity contribution in [3.63, 3.8) is 0 Å². The lowest BCUT2D eigenvalue weighted by Gasteiger charge is -2.13. The Morgan fingerprint density at radius 1 is 1.19 bits per heavy atom. The van der Waals surface area contributed by atoms with Crippen LogP contribution in [0.4, 0.5) is 0 Å². The molecule has 1 aliphatic heterocycles. The largest absolute Gasteiger partial charge is 0.463 e. The molecule has 0 radical (unpaired) electrons. The predicted molar refractivity (Wildman–Crippen MR) is 97.9 cm³/mol. The lowest BCUT2D eigenvalue weighted by molar-refractivity contribution is -0.137. The SMILES string of the molecule is Cc1nc(/C=C/C(=O)OCCCCN2C(=O)c3ccccc3C2=O)cs1. The van der Waals surface area contributed by atoms with Gasteiger partial charge >= 0.3 is 5.97 Å². The zero-order chi connectivity index (χ0) is 18.5. The zero-order valence-electron chi connectivity index (χ0n) is 14.3. The van der Waals surface area contributed by atoms with E-state index in [4.69, 9.17) is 4.74 Å². The zero-order valence-corrected chi connectivity index (χ0v) is 15.1. The van der Waals surface area contributed by atoms with Crippen LogP contribution in [-0.4, -0.2) is 40.8 Å². The standard InChI is InChI=1S/C19H18N2O4S/c1-13-20-14(12-26-13)8-9-17(22)25-11-5-4-10-21-18(23)15-6-2-3-7-16(15)19(21)24/h2-3,6-9,12H,4-5,10-11H2,1H3/b9-8+. The fraction of sp³-hybridized carbons (Fsp3) is 0.263. The summed E-state index contributed by atoms with van der Waals surface area (Å²) in [5.41, 5.74) is 1.63. The van der Waals surface area contributed by atoms with Crippen molar-refractivity contribution < 1.29 is 19.1 Å². The lowest BCUT2D eigenvalue weighted by Crippen LogP contribution is -2.30. The topological polar surface area (TPSA) is 76.6 Å². The highest BCUT2D eigenvalue weighted by Crippen LogP contribution is 2.22. The van der Waals surface area contributed by atoms with Crippen molar-refractivity contribution in [2.24, 2.45) is 0 Å². The minimum atomic E-state index is -0.434. The number of nitrogens with zero attached hydrogens (tertiary/aromatic N) is 2. The molecular formula is C19H18N2O4S. The second kappa shape index (κ2) is 8.05. The number of benzene rings is 1. The third-order valence-electron chi connectivity index (χ3n) is 3.93. The quantitative estimate of drug-likeness (QED) is 0.324. The lowest BCUT2D eigenvalue weighted by atomic mass is 10.1. The Labute approximate surface area is 155 Å². The van der Waals surface area contributed by atoms with Gasteiger partial charge in [0.2, 0.25) is 0 Å². The third kappa shape index (κ3) is 4.05. The average Bonchev–Trinajstić information content (AvgIpc) is 3.16. The second-order valence-corrected chi connectivity index (χ2v) is 6.87. The van der Waals surface area contributed by atoms with Crippen molar-refractivity contribution in [3.8, 4) is 0 Å². The maximum atomic E-state index is 12.2. The molecule has 7 heteroatoms. The summed E-state index contributed by atoms with van der Waals surface area (Å²) in [7, 11) is 0. The summed E-state index contributed by atoms with van der Waals surface area (Å²) in [6.45, 7) is 2.45. The van der Waals surface area contributed by atoms with Crippen LogP contribution in [0.25, 0.3) is 6.08 Å².